The van der Waals surface area contributed by atoms with Gasteiger partial charge < -0.3 is 9.47 Å². The molecule has 0 saturated heterocycles. The van der Waals surface area contributed by atoms with E-state index in [1.54, 1.807) is 36.8 Å². The largest absolute Gasteiger partial charge is 0.455 e. The number of carbonyl (C=O) groups excluding carboxylic acids is 1. The van der Waals surface area contributed by atoms with Gasteiger partial charge >= 0.3 is 6.09 Å². The molecule has 2 heterocycles. The topological polar surface area (TPSA) is 86.2 Å². The Morgan fingerprint density at radius 1 is 1.07 bits per heavy atom. The van der Waals surface area contributed by atoms with E-state index in [1.807, 2.05) is 33.1 Å². The number of carbonyl (C=O) groups is 1. The second-order valence-electron chi connectivity index (χ2n) is 6.63. The summed E-state index contributed by atoms with van der Waals surface area (Å²) in [4.78, 5) is 25.5. The number of amides is 1. The molecule has 8 heteroatoms. The minimum Gasteiger partial charge on any atom is -0.455 e. The minimum atomic E-state index is -0.559. The van der Waals surface area contributed by atoms with Crippen molar-refractivity contribution < 1.29 is 14.3 Å². The standard InChI is InChI=1S/C19H20N4O3S/c1-19(2,3)26-18(24)23-13-6-5-12(11-15(13)27-4)25-14-7-8-21-17-16(14)20-9-10-22-17/h5-11H,1-4H3,(H,23,24). The molecule has 140 valence electrons. The van der Waals surface area contributed by atoms with Gasteiger partial charge in [-0.15, -0.1) is 11.8 Å². The summed E-state index contributed by atoms with van der Waals surface area (Å²) in [5, 5.41) is 2.77. The second-order valence-corrected chi connectivity index (χ2v) is 7.48. The van der Waals surface area contributed by atoms with Crippen LogP contribution in [0.2, 0.25) is 0 Å². The highest BCUT2D eigenvalue weighted by atomic mass is 32.2. The molecule has 0 aliphatic rings. The Labute approximate surface area is 161 Å². The molecule has 0 saturated carbocycles. The van der Waals surface area contributed by atoms with E-state index < -0.39 is 11.7 Å². The van der Waals surface area contributed by atoms with Crippen LogP contribution < -0.4 is 10.1 Å². The summed E-state index contributed by atoms with van der Waals surface area (Å²) in [6.45, 7) is 5.46. The third-order valence-corrected chi connectivity index (χ3v) is 4.15. The predicted octanol–water partition coefficient (Wildman–Crippen LogP) is 4.89. The van der Waals surface area contributed by atoms with Gasteiger partial charge in [0.25, 0.3) is 0 Å². The molecule has 0 spiro atoms. The van der Waals surface area contributed by atoms with Gasteiger partial charge in [0.2, 0.25) is 0 Å². The van der Waals surface area contributed by atoms with Crippen molar-refractivity contribution >= 4 is 34.7 Å². The third-order valence-electron chi connectivity index (χ3n) is 3.37. The van der Waals surface area contributed by atoms with Crippen LogP contribution >= 0.6 is 11.8 Å². The van der Waals surface area contributed by atoms with Gasteiger partial charge in [-0.2, -0.15) is 0 Å². The summed E-state index contributed by atoms with van der Waals surface area (Å²) >= 11 is 1.49. The summed E-state index contributed by atoms with van der Waals surface area (Å²) in [6, 6.07) is 7.14. The Bertz CT molecular complexity index is 967. The quantitative estimate of drug-likeness (QED) is 0.641. The van der Waals surface area contributed by atoms with Crippen LogP contribution in [0.1, 0.15) is 20.8 Å². The molecule has 2 aromatic heterocycles. The zero-order valence-corrected chi connectivity index (χ0v) is 16.3. The maximum absolute atomic E-state index is 12.0. The summed E-state index contributed by atoms with van der Waals surface area (Å²) in [5.41, 5.74) is 1.20. The molecular weight excluding hydrogens is 364 g/mol. The first-order valence-electron chi connectivity index (χ1n) is 8.27. The van der Waals surface area contributed by atoms with Gasteiger partial charge in [-0.1, -0.05) is 0 Å². The average molecular weight is 384 g/mol. The molecule has 0 bridgehead atoms. The van der Waals surface area contributed by atoms with E-state index >= 15 is 0 Å². The molecule has 3 aromatic rings. The molecule has 0 atom stereocenters. The molecule has 1 aromatic carbocycles. The molecular formula is C19H20N4O3S. The van der Waals surface area contributed by atoms with E-state index in [-0.39, 0.29) is 0 Å². The maximum atomic E-state index is 12.0. The molecule has 0 aliphatic heterocycles. The highest BCUT2D eigenvalue weighted by molar-refractivity contribution is 7.98. The van der Waals surface area contributed by atoms with Crippen LogP contribution in [0.15, 0.2) is 47.8 Å². The number of fused-ring (bicyclic) bond motifs is 1. The van der Waals surface area contributed by atoms with Crippen LogP contribution in [0.3, 0.4) is 0 Å². The minimum absolute atomic E-state index is 0.498. The lowest BCUT2D eigenvalue weighted by molar-refractivity contribution is 0.0635. The lowest BCUT2D eigenvalue weighted by atomic mass is 10.2. The SMILES string of the molecule is CSc1cc(Oc2ccnc3nccnc23)ccc1NC(=O)OC(C)(C)C. The van der Waals surface area contributed by atoms with Crippen LogP contribution in [0, 0.1) is 0 Å². The number of ether oxygens (including phenoxy) is 2. The Morgan fingerprint density at radius 2 is 1.81 bits per heavy atom. The Hall–Kier alpha value is -2.87. The van der Waals surface area contributed by atoms with E-state index in [4.69, 9.17) is 9.47 Å². The summed E-state index contributed by atoms with van der Waals surface area (Å²) < 4.78 is 11.3. The monoisotopic (exact) mass is 384 g/mol. The van der Waals surface area contributed by atoms with Crippen LogP contribution in [0.5, 0.6) is 11.5 Å². The summed E-state index contributed by atoms with van der Waals surface area (Å²) in [6.07, 6.45) is 6.23. The van der Waals surface area contributed by atoms with E-state index in [0.717, 1.165) is 4.90 Å². The van der Waals surface area contributed by atoms with Crippen LogP contribution in [-0.4, -0.2) is 32.9 Å². The molecule has 7 nitrogen and oxygen atoms in total. The van der Waals surface area contributed by atoms with E-state index in [1.165, 1.54) is 11.8 Å². The van der Waals surface area contributed by atoms with E-state index in [0.29, 0.717) is 28.4 Å². The number of nitrogens with one attached hydrogen (secondary N) is 1. The van der Waals surface area contributed by atoms with E-state index in [9.17, 15) is 4.79 Å². The first-order chi connectivity index (χ1) is 12.9. The molecule has 0 aliphatic carbocycles. The zero-order chi connectivity index (χ0) is 19.4. The zero-order valence-electron chi connectivity index (χ0n) is 15.5. The lowest BCUT2D eigenvalue weighted by Gasteiger charge is -2.20. The molecule has 1 amide bonds. The van der Waals surface area contributed by atoms with Gasteiger partial charge in [0.05, 0.1) is 5.69 Å². The number of benzene rings is 1. The van der Waals surface area contributed by atoms with Crippen LogP contribution in [0.25, 0.3) is 11.2 Å². The van der Waals surface area contributed by atoms with Crippen molar-refractivity contribution in [2.24, 2.45) is 0 Å². The number of thioether (sulfide) groups is 1. The average Bonchev–Trinajstić information content (AvgIpc) is 2.61. The van der Waals surface area contributed by atoms with Gasteiger partial charge in [-0.05, 0) is 45.2 Å². The van der Waals surface area contributed by atoms with Crippen molar-refractivity contribution in [2.75, 3.05) is 11.6 Å². The number of hydrogen-bond donors (Lipinski definition) is 1. The number of pyridine rings is 1. The van der Waals surface area contributed by atoms with Crippen molar-refractivity contribution in [3.63, 3.8) is 0 Å². The Kier molecular flexibility index (Phi) is 5.46. The number of rotatable bonds is 4. The molecule has 0 fully saturated rings. The molecule has 3 rings (SSSR count). The first kappa shape index (κ1) is 18.9. The van der Waals surface area contributed by atoms with Crippen LogP contribution in [0.4, 0.5) is 10.5 Å². The fourth-order valence-electron chi connectivity index (χ4n) is 2.31. The number of aromatic nitrogens is 3. The summed E-state index contributed by atoms with van der Waals surface area (Å²) in [7, 11) is 0. The van der Waals surface area contributed by atoms with E-state index in [2.05, 4.69) is 20.3 Å². The van der Waals surface area contributed by atoms with Crippen molar-refractivity contribution in [1.82, 2.24) is 15.0 Å². The van der Waals surface area contributed by atoms with Crippen molar-refractivity contribution in [3.8, 4) is 11.5 Å². The lowest BCUT2D eigenvalue weighted by Crippen LogP contribution is -2.27. The third kappa shape index (κ3) is 4.85. The molecule has 0 radical (unpaired) electrons. The number of nitrogens with zero attached hydrogens (tertiary/aromatic N) is 3. The number of anilines is 1. The van der Waals surface area contributed by atoms with Crippen molar-refractivity contribution in [3.05, 3.63) is 42.9 Å². The van der Waals surface area contributed by atoms with Gasteiger partial charge in [0.15, 0.2) is 16.9 Å². The second kappa shape index (κ2) is 7.79. The predicted molar refractivity (Wildman–Crippen MR) is 105 cm³/mol. The normalized spacial score (nSPS) is 11.3. The number of hydrogen-bond acceptors (Lipinski definition) is 7. The van der Waals surface area contributed by atoms with Gasteiger partial charge in [-0.3, -0.25) is 5.32 Å². The van der Waals surface area contributed by atoms with Gasteiger partial charge in [0.1, 0.15) is 11.4 Å². The highest BCUT2D eigenvalue weighted by Crippen LogP contribution is 2.33. The Morgan fingerprint density at radius 3 is 2.56 bits per heavy atom. The Balaban J connectivity index is 1.82. The molecule has 1 N–H and O–H groups in total. The molecule has 0 unspecified atom stereocenters. The first-order valence-corrected chi connectivity index (χ1v) is 9.50. The van der Waals surface area contributed by atoms with Gasteiger partial charge in [-0.25, -0.2) is 19.7 Å². The van der Waals surface area contributed by atoms with Crippen molar-refractivity contribution in [1.29, 1.82) is 0 Å². The molecule has 27 heavy (non-hydrogen) atoms. The van der Waals surface area contributed by atoms with Crippen LogP contribution in [-0.2, 0) is 4.74 Å². The maximum Gasteiger partial charge on any atom is 0.412 e. The summed E-state index contributed by atoms with van der Waals surface area (Å²) in [5.74, 6) is 1.18. The smallest absolute Gasteiger partial charge is 0.412 e. The van der Waals surface area contributed by atoms with Crippen molar-refractivity contribution in [2.45, 2.75) is 31.3 Å². The fourth-order valence-corrected chi connectivity index (χ4v) is 2.89. The fraction of sp³-hybridized carbons (Fsp3) is 0.263. The highest BCUT2D eigenvalue weighted by Gasteiger charge is 2.17. The van der Waals surface area contributed by atoms with Gasteiger partial charge in [0, 0.05) is 29.6 Å².